The van der Waals surface area contributed by atoms with Crippen LogP contribution in [0, 0.1) is 0 Å². The topological polar surface area (TPSA) is 73.8 Å². The van der Waals surface area contributed by atoms with E-state index in [0.717, 1.165) is 32.3 Å². The van der Waals surface area contributed by atoms with Gasteiger partial charge in [-0.1, -0.05) is 6.07 Å². The van der Waals surface area contributed by atoms with Crippen LogP contribution in [0.5, 0.6) is 0 Å². The van der Waals surface area contributed by atoms with Crippen molar-refractivity contribution in [3.05, 3.63) is 29.6 Å². The number of aromatic nitrogens is 1. The summed E-state index contributed by atoms with van der Waals surface area (Å²) in [5, 5.41) is 0. The van der Waals surface area contributed by atoms with Crippen LogP contribution in [0.3, 0.4) is 0 Å². The maximum absolute atomic E-state index is 12.5. The highest BCUT2D eigenvalue weighted by Gasteiger charge is 2.24. The van der Waals surface area contributed by atoms with Crippen LogP contribution in [-0.2, 0) is 4.79 Å². The van der Waals surface area contributed by atoms with E-state index in [9.17, 15) is 14.4 Å². The van der Waals surface area contributed by atoms with E-state index in [1.807, 2.05) is 0 Å². The molecule has 0 unspecified atom stereocenters. The smallest absolute Gasteiger partial charge is 0.272 e. The van der Waals surface area contributed by atoms with Crippen LogP contribution >= 0.6 is 0 Å². The van der Waals surface area contributed by atoms with Gasteiger partial charge in [0.25, 0.3) is 11.8 Å². The summed E-state index contributed by atoms with van der Waals surface area (Å²) in [6, 6.07) is 4.99. The van der Waals surface area contributed by atoms with E-state index in [-0.39, 0.29) is 17.5 Å². The van der Waals surface area contributed by atoms with E-state index < -0.39 is 0 Å². The first-order valence-corrected chi connectivity index (χ1v) is 7.94. The first-order chi connectivity index (χ1) is 11.2. The molecular weight excluding hydrogens is 296 g/mol. The minimum Gasteiger partial charge on any atom is -0.342 e. The molecule has 1 aromatic rings. The molecule has 0 spiro atoms. The van der Waals surface area contributed by atoms with Crippen molar-refractivity contribution in [2.24, 2.45) is 0 Å². The molecule has 3 amide bonds. The van der Waals surface area contributed by atoms with Crippen molar-refractivity contribution < 1.29 is 14.4 Å². The Morgan fingerprint density at radius 2 is 1.39 bits per heavy atom. The maximum atomic E-state index is 12.5. The zero-order valence-electron chi connectivity index (χ0n) is 13.0. The molecule has 0 bridgehead atoms. The van der Waals surface area contributed by atoms with Crippen molar-refractivity contribution >= 4 is 18.2 Å². The van der Waals surface area contributed by atoms with Crippen LogP contribution < -0.4 is 0 Å². The molecule has 2 saturated heterocycles. The number of hydrogen-bond donors (Lipinski definition) is 0. The van der Waals surface area contributed by atoms with E-state index in [4.69, 9.17) is 0 Å². The van der Waals surface area contributed by atoms with Crippen LogP contribution in [0.15, 0.2) is 18.2 Å². The van der Waals surface area contributed by atoms with E-state index in [2.05, 4.69) is 4.98 Å². The van der Waals surface area contributed by atoms with E-state index in [1.54, 1.807) is 32.9 Å². The van der Waals surface area contributed by atoms with Gasteiger partial charge in [0.1, 0.15) is 11.4 Å². The fourth-order valence-corrected chi connectivity index (χ4v) is 2.95. The fraction of sp³-hybridized carbons (Fsp3) is 0.500. The summed E-state index contributed by atoms with van der Waals surface area (Å²) in [6.45, 7) is 3.55. The number of pyridine rings is 1. The minimum atomic E-state index is -0.188. The molecule has 0 saturated carbocycles. The second-order valence-electron chi connectivity index (χ2n) is 5.84. The fourth-order valence-electron chi connectivity index (χ4n) is 2.95. The first-order valence-electron chi connectivity index (χ1n) is 7.94. The summed E-state index contributed by atoms with van der Waals surface area (Å²) in [4.78, 5) is 45.0. The summed E-state index contributed by atoms with van der Waals surface area (Å²) >= 11 is 0. The van der Waals surface area contributed by atoms with E-state index in [1.165, 1.54) is 0 Å². The number of rotatable bonds is 3. The molecule has 7 heteroatoms. The second-order valence-corrected chi connectivity index (χ2v) is 5.84. The number of nitrogens with zero attached hydrogens (tertiary/aromatic N) is 4. The van der Waals surface area contributed by atoms with Gasteiger partial charge in [-0.25, -0.2) is 4.98 Å². The summed E-state index contributed by atoms with van der Waals surface area (Å²) < 4.78 is 0. The second kappa shape index (κ2) is 6.76. The third-order valence-corrected chi connectivity index (χ3v) is 4.33. The van der Waals surface area contributed by atoms with Crippen LogP contribution in [0.4, 0.5) is 0 Å². The summed E-state index contributed by atoms with van der Waals surface area (Å²) in [5.41, 5.74) is 0.610. The SMILES string of the molecule is O=CN1CCN(C(=O)c2cccc(C(=O)N3CCCC3)n2)CC1. The molecule has 0 N–H and O–H groups in total. The summed E-state index contributed by atoms with van der Waals surface area (Å²) in [6.07, 6.45) is 2.84. The number of piperazine rings is 1. The normalized spacial score (nSPS) is 18.2. The maximum Gasteiger partial charge on any atom is 0.272 e. The van der Waals surface area contributed by atoms with Gasteiger partial charge < -0.3 is 14.7 Å². The van der Waals surface area contributed by atoms with Gasteiger partial charge in [-0.05, 0) is 25.0 Å². The lowest BCUT2D eigenvalue weighted by molar-refractivity contribution is -0.119. The average Bonchev–Trinajstić information content (AvgIpc) is 3.15. The van der Waals surface area contributed by atoms with Crippen LogP contribution in [0.25, 0.3) is 0 Å². The molecule has 2 aliphatic heterocycles. The Balaban J connectivity index is 1.70. The Kier molecular flexibility index (Phi) is 4.55. The molecule has 3 rings (SSSR count). The Hall–Kier alpha value is -2.44. The standard InChI is InChI=1S/C16H20N4O3/c21-12-18-8-10-20(11-9-18)16(23)14-5-3-4-13(17-14)15(22)19-6-1-2-7-19/h3-5,12H,1-2,6-11H2. The molecule has 23 heavy (non-hydrogen) atoms. The van der Waals surface area contributed by atoms with Crippen molar-refractivity contribution in [3.63, 3.8) is 0 Å². The lowest BCUT2D eigenvalue weighted by Gasteiger charge is -2.32. The Bertz CT molecular complexity index is 605. The predicted molar refractivity (Wildman–Crippen MR) is 82.9 cm³/mol. The van der Waals surface area contributed by atoms with Gasteiger partial charge in [-0.15, -0.1) is 0 Å². The highest BCUT2D eigenvalue weighted by atomic mass is 16.2. The summed E-state index contributed by atoms with van der Waals surface area (Å²) in [7, 11) is 0. The number of amides is 3. The molecular formula is C16H20N4O3. The zero-order valence-corrected chi connectivity index (χ0v) is 13.0. The monoisotopic (exact) mass is 316 g/mol. The zero-order chi connectivity index (χ0) is 16.2. The van der Waals surface area contributed by atoms with Gasteiger partial charge >= 0.3 is 0 Å². The lowest BCUT2D eigenvalue weighted by Crippen LogP contribution is -2.48. The first kappa shape index (κ1) is 15.5. The van der Waals surface area contributed by atoms with E-state index in [0.29, 0.717) is 31.9 Å². The average molecular weight is 316 g/mol. The molecule has 0 radical (unpaired) electrons. The van der Waals surface area contributed by atoms with Crippen LogP contribution in [0.1, 0.15) is 33.8 Å². The molecule has 0 atom stereocenters. The third kappa shape index (κ3) is 3.33. The highest BCUT2D eigenvalue weighted by Crippen LogP contribution is 2.13. The number of likely N-dealkylation sites (tertiary alicyclic amines) is 1. The van der Waals surface area contributed by atoms with Crippen molar-refractivity contribution in [2.75, 3.05) is 39.3 Å². The Labute approximate surface area is 134 Å². The van der Waals surface area contributed by atoms with Crippen molar-refractivity contribution in [3.8, 4) is 0 Å². The number of carbonyl (C=O) groups is 3. The molecule has 122 valence electrons. The largest absolute Gasteiger partial charge is 0.342 e. The molecule has 2 aliphatic rings. The van der Waals surface area contributed by atoms with Crippen LogP contribution in [0.2, 0.25) is 0 Å². The van der Waals surface area contributed by atoms with Crippen LogP contribution in [-0.4, -0.2) is 77.2 Å². The third-order valence-electron chi connectivity index (χ3n) is 4.33. The van der Waals surface area contributed by atoms with Gasteiger partial charge in [-0.2, -0.15) is 0 Å². The predicted octanol–water partition coefficient (Wildman–Crippen LogP) is 0.232. The van der Waals surface area contributed by atoms with Gasteiger partial charge in [-0.3, -0.25) is 14.4 Å². The highest BCUT2D eigenvalue weighted by molar-refractivity contribution is 5.96. The molecule has 1 aromatic heterocycles. The Morgan fingerprint density at radius 1 is 0.870 bits per heavy atom. The molecule has 7 nitrogen and oxygen atoms in total. The van der Waals surface area contributed by atoms with E-state index >= 15 is 0 Å². The quantitative estimate of drug-likeness (QED) is 0.748. The summed E-state index contributed by atoms with van der Waals surface area (Å²) in [5.74, 6) is -0.297. The van der Waals surface area contributed by atoms with Crippen molar-refractivity contribution in [1.82, 2.24) is 19.7 Å². The van der Waals surface area contributed by atoms with Gasteiger partial charge in [0.15, 0.2) is 0 Å². The minimum absolute atomic E-state index is 0.108. The number of hydrogen-bond acceptors (Lipinski definition) is 4. The molecule has 0 aromatic carbocycles. The van der Waals surface area contributed by atoms with Gasteiger partial charge in [0.05, 0.1) is 0 Å². The molecule has 2 fully saturated rings. The molecule has 0 aliphatic carbocycles. The molecule has 3 heterocycles. The van der Waals surface area contributed by atoms with Crippen molar-refractivity contribution in [1.29, 1.82) is 0 Å². The van der Waals surface area contributed by atoms with Gasteiger partial charge in [0, 0.05) is 39.3 Å². The van der Waals surface area contributed by atoms with Gasteiger partial charge in [0.2, 0.25) is 6.41 Å². The Morgan fingerprint density at radius 3 is 1.91 bits per heavy atom. The number of carbonyl (C=O) groups excluding carboxylic acids is 3. The lowest BCUT2D eigenvalue weighted by atomic mass is 10.2. The van der Waals surface area contributed by atoms with Crippen molar-refractivity contribution in [2.45, 2.75) is 12.8 Å².